The fourth-order valence-corrected chi connectivity index (χ4v) is 3.25. The first-order chi connectivity index (χ1) is 12.0. The SMILES string of the molecule is COCCCn1c(=S)[nH]c2cc(C(=O)NC(C)C3CC3)ccc2c1=O. The first-order valence-electron chi connectivity index (χ1n) is 8.58. The van der Waals surface area contributed by atoms with Crippen molar-refractivity contribution in [3.63, 3.8) is 0 Å². The van der Waals surface area contributed by atoms with Gasteiger partial charge in [-0.1, -0.05) is 0 Å². The van der Waals surface area contributed by atoms with Crippen LogP contribution in [0.3, 0.4) is 0 Å². The maximum atomic E-state index is 12.6. The minimum atomic E-state index is -0.145. The van der Waals surface area contributed by atoms with Crippen molar-refractivity contribution in [3.05, 3.63) is 38.9 Å². The van der Waals surface area contributed by atoms with Crippen molar-refractivity contribution in [2.24, 2.45) is 5.92 Å². The molecule has 2 aromatic rings. The van der Waals surface area contributed by atoms with E-state index in [1.807, 2.05) is 6.92 Å². The fraction of sp³-hybridized carbons (Fsp3) is 0.500. The molecule has 1 unspecified atom stereocenters. The van der Waals surface area contributed by atoms with Crippen LogP contribution in [0.2, 0.25) is 0 Å². The number of fused-ring (bicyclic) bond motifs is 1. The highest BCUT2D eigenvalue weighted by Crippen LogP contribution is 2.32. The molecule has 1 aromatic carbocycles. The third-order valence-electron chi connectivity index (χ3n) is 4.66. The average molecular weight is 361 g/mol. The summed E-state index contributed by atoms with van der Waals surface area (Å²) in [6.45, 7) is 3.10. The van der Waals surface area contributed by atoms with Gasteiger partial charge in [-0.25, -0.2) is 0 Å². The van der Waals surface area contributed by atoms with Crippen molar-refractivity contribution in [1.82, 2.24) is 14.9 Å². The lowest BCUT2D eigenvalue weighted by atomic mass is 10.1. The van der Waals surface area contributed by atoms with E-state index in [1.165, 1.54) is 17.4 Å². The van der Waals surface area contributed by atoms with E-state index in [2.05, 4.69) is 10.3 Å². The summed E-state index contributed by atoms with van der Waals surface area (Å²) in [6, 6.07) is 5.25. The maximum absolute atomic E-state index is 12.6. The van der Waals surface area contributed by atoms with Gasteiger partial charge >= 0.3 is 0 Å². The highest BCUT2D eigenvalue weighted by molar-refractivity contribution is 7.71. The Morgan fingerprint density at radius 2 is 2.24 bits per heavy atom. The molecule has 25 heavy (non-hydrogen) atoms. The van der Waals surface area contributed by atoms with Gasteiger partial charge in [0.15, 0.2) is 4.77 Å². The van der Waals surface area contributed by atoms with Crippen molar-refractivity contribution < 1.29 is 9.53 Å². The topological polar surface area (TPSA) is 76.1 Å². The lowest BCUT2D eigenvalue weighted by Crippen LogP contribution is -2.34. The Balaban J connectivity index is 1.87. The number of carbonyl (C=O) groups excluding carboxylic acids is 1. The first kappa shape index (κ1) is 17.8. The molecule has 3 rings (SSSR count). The average Bonchev–Trinajstić information content (AvgIpc) is 3.42. The minimum absolute atomic E-state index is 0.120. The van der Waals surface area contributed by atoms with E-state index in [-0.39, 0.29) is 17.5 Å². The largest absolute Gasteiger partial charge is 0.385 e. The molecular weight excluding hydrogens is 338 g/mol. The van der Waals surface area contributed by atoms with Gasteiger partial charge in [-0.05, 0) is 62.5 Å². The molecule has 1 atom stereocenters. The number of amides is 1. The second kappa shape index (κ2) is 7.49. The second-order valence-electron chi connectivity index (χ2n) is 6.59. The van der Waals surface area contributed by atoms with Crippen molar-refractivity contribution in [3.8, 4) is 0 Å². The number of aromatic amines is 1. The number of hydrogen-bond donors (Lipinski definition) is 2. The standard InChI is InChI=1S/C18H23N3O3S/c1-11(12-4-5-12)19-16(22)13-6-7-14-15(10-13)20-18(25)21(17(14)23)8-3-9-24-2/h6-7,10-12H,3-5,8-9H2,1-2H3,(H,19,22)(H,20,25). The van der Waals surface area contributed by atoms with Crippen LogP contribution in [0.15, 0.2) is 23.0 Å². The molecule has 1 aliphatic rings. The number of aromatic nitrogens is 2. The summed E-state index contributed by atoms with van der Waals surface area (Å²) in [5.41, 5.74) is 0.972. The Bertz CT molecular complexity index is 899. The highest BCUT2D eigenvalue weighted by Gasteiger charge is 2.29. The smallest absolute Gasteiger partial charge is 0.262 e. The van der Waals surface area contributed by atoms with Crippen LogP contribution in [-0.2, 0) is 11.3 Å². The maximum Gasteiger partial charge on any atom is 0.262 e. The van der Waals surface area contributed by atoms with E-state index in [0.29, 0.717) is 46.7 Å². The number of ether oxygens (including phenoxy) is 1. The number of H-pyrrole nitrogens is 1. The summed E-state index contributed by atoms with van der Waals surface area (Å²) in [4.78, 5) is 28.1. The van der Waals surface area contributed by atoms with Crippen LogP contribution in [0, 0.1) is 10.7 Å². The third kappa shape index (κ3) is 3.99. The van der Waals surface area contributed by atoms with Crippen molar-refractivity contribution in [1.29, 1.82) is 0 Å². The van der Waals surface area contributed by atoms with E-state index in [4.69, 9.17) is 17.0 Å². The van der Waals surface area contributed by atoms with Crippen LogP contribution in [-0.4, -0.2) is 35.2 Å². The van der Waals surface area contributed by atoms with Gasteiger partial charge in [-0.3, -0.25) is 14.2 Å². The van der Waals surface area contributed by atoms with Gasteiger partial charge in [0.1, 0.15) is 0 Å². The molecule has 1 aromatic heterocycles. The van der Waals surface area contributed by atoms with Gasteiger partial charge in [0.2, 0.25) is 0 Å². The van der Waals surface area contributed by atoms with E-state index in [9.17, 15) is 9.59 Å². The summed E-state index contributed by atoms with van der Waals surface area (Å²) < 4.78 is 6.91. The molecule has 0 radical (unpaired) electrons. The van der Waals surface area contributed by atoms with E-state index in [1.54, 1.807) is 25.3 Å². The Morgan fingerprint density at radius 1 is 1.48 bits per heavy atom. The predicted octanol–water partition coefficient (Wildman–Crippen LogP) is 2.62. The van der Waals surface area contributed by atoms with Gasteiger partial charge in [0.25, 0.3) is 11.5 Å². The quantitative estimate of drug-likeness (QED) is 0.587. The summed E-state index contributed by atoms with van der Waals surface area (Å²) in [5, 5.41) is 3.55. The Morgan fingerprint density at radius 3 is 2.92 bits per heavy atom. The van der Waals surface area contributed by atoms with Crippen LogP contribution < -0.4 is 10.9 Å². The number of hydrogen-bond acceptors (Lipinski definition) is 4. The van der Waals surface area contributed by atoms with Crippen molar-refractivity contribution in [2.75, 3.05) is 13.7 Å². The summed E-state index contributed by atoms with van der Waals surface area (Å²) in [6.07, 6.45) is 3.06. The van der Waals surface area contributed by atoms with Crippen molar-refractivity contribution in [2.45, 2.75) is 38.8 Å². The molecule has 0 saturated heterocycles. The Kier molecular flexibility index (Phi) is 5.34. The molecule has 0 aliphatic heterocycles. The number of rotatable bonds is 7. The molecule has 0 spiro atoms. The number of carbonyl (C=O) groups is 1. The molecule has 6 nitrogen and oxygen atoms in total. The number of methoxy groups -OCH3 is 1. The van der Waals surface area contributed by atoms with E-state index < -0.39 is 0 Å². The van der Waals surface area contributed by atoms with Crippen LogP contribution in [0.25, 0.3) is 10.9 Å². The van der Waals surface area contributed by atoms with Crippen LogP contribution >= 0.6 is 12.2 Å². The number of nitrogens with one attached hydrogen (secondary N) is 2. The normalized spacial score (nSPS) is 15.3. The number of nitrogens with zero attached hydrogens (tertiary/aromatic N) is 1. The molecule has 134 valence electrons. The number of benzene rings is 1. The summed E-state index contributed by atoms with van der Waals surface area (Å²) >= 11 is 5.30. The summed E-state index contributed by atoms with van der Waals surface area (Å²) in [5.74, 6) is 0.472. The zero-order valence-corrected chi connectivity index (χ0v) is 15.3. The zero-order chi connectivity index (χ0) is 18.0. The molecule has 1 amide bonds. The lowest BCUT2D eigenvalue weighted by Gasteiger charge is -2.13. The van der Waals surface area contributed by atoms with Gasteiger partial charge in [0, 0.05) is 31.9 Å². The van der Waals surface area contributed by atoms with Gasteiger partial charge < -0.3 is 15.0 Å². The Hall–Kier alpha value is -1.99. The van der Waals surface area contributed by atoms with Gasteiger partial charge in [-0.15, -0.1) is 0 Å². The Labute approximate surface area is 151 Å². The summed E-state index contributed by atoms with van der Waals surface area (Å²) in [7, 11) is 1.63. The first-order valence-corrected chi connectivity index (χ1v) is 8.98. The van der Waals surface area contributed by atoms with Crippen LogP contribution in [0.4, 0.5) is 0 Å². The minimum Gasteiger partial charge on any atom is -0.385 e. The van der Waals surface area contributed by atoms with E-state index in [0.717, 1.165) is 0 Å². The van der Waals surface area contributed by atoms with Crippen LogP contribution in [0.5, 0.6) is 0 Å². The molecule has 1 fully saturated rings. The van der Waals surface area contributed by atoms with Crippen LogP contribution in [0.1, 0.15) is 36.5 Å². The molecule has 1 heterocycles. The van der Waals surface area contributed by atoms with Gasteiger partial charge in [-0.2, -0.15) is 0 Å². The highest BCUT2D eigenvalue weighted by atomic mass is 32.1. The molecule has 2 N–H and O–H groups in total. The molecular formula is C18H23N3O3S. The third-order valence-corrected chi connectivity index (χ3v) is 4.98. The van der Waals surface area contributed by atoms with E-state index >= 15 is 0 Å². The zero-order valence-electron chi connectivity index (χ0n) is 14.5. The molecule has 1 aliphatic carbocycles. The fourth-order valence-electron chi connectivity index (χ4n) is 2.97. The lowest BCUT2D eigenvalue weighted by molar-refractivity contribution is 0.0936. The second-order valence-corrected chi connectivity index (χ2v) is 6.98. The monoisotopic (exact) mass is 361 g/mol. The molecule has 7 heteroatoms. The van der Waals surface area contributed by atoms with Crippen molar-refractivity contribution >= 4 is 29.0 Å². The predicted molar refractivity (Wildman–Crippen MR) is 99.5 cm³/mol. The molecule has 0 bridgehead atoms. The van der Waals surface area contributed by atoms with Gasteiger partial charge in [0.05, 0.1) is 10.9 Å². The molecule has 1 saturated carbocycles.